The molecule has 6 nitrogen and oxygen atoms in total. The second kappa shape index (κ2) is 8.28. The van der Waals surface area contributed by atoms with Gasteiger partial charge in [-0.1, -0.05) is 66.1 Å². The first-order valence-electron chi connectivity index (χ1n) is 8.93. The summed E-state index contributed by atoms with van der Waals surface area (Å²) in [7, 11) is 0. The fourth-order valence-electron chi connectivity index (χ4n) is 3.27. The number of aliphatic hydroxyl groups excluding tert-OH is 1. The van der Waals surface area contributed by atoms with E-state index in [1.807, 2.05) is 36.4 Å². The Bertz CT molecular complexity index is 943. The van der Waals surface area contributed by atoms with Crippen molar-refractivity contribution in [3.05, 3.63) is 40.9 Å². The van der Waals surface area contributed by atoms with Crippen LogP contribution in [0, 0.1) is 0 Å². The van der Waals surface area contributed by atoms with Crippen LogP contribution >= 0.6 is 35.7 Å². The molecule has 2 aliphatic rings. The lowest BCUT2D eigenvalue weighted by molar-refractivity contribution is -0.137. The van der Waals surface area contributed by atoms with Gasteiger partial charge in [0.25, 0.3) is 0 Å². The highest BCUT2D eigenvalue weighted by atomic mass is 32.2. The largest absolute Gasteiger partial charge is 0.481 e. The van der Waals surface area contributed by atoms with Gasteiger partial charge in [-0.15, -0.1) is 0 Å². The number of carboxylic acids is 1. The zero-order chi connectivity index (χ0) is 19.7. The Kier molecular flexibility index (Phi) is 5.77. The van der Waals surface area contributed by atoms with Crippen LogP contribution in [0.2, 0.25) is 0 Å². The minimum Gasteiger partial charge on any atom is -0.481 e. The van der Waals surface area contributed by atoms with Crippen LogP contribution in [0.15, 0.2) is 40.4 Å². The number of aliphatic carboxylic acids is 1. The van der Waals surface area contributed by atoms with Crippen molar-refractivity contribution < 1.29 is 15.0 Å². The smallest absolute Gasteiger partial charge is 0.303 e. The van der Waals surface area contributed by atoms with Crippen LogP contribution in [-0.2, 0) is 11.3 Å². The minimum atomic E-state index is -0.852. The maximum absolute atomic E-state index is 10.8. The molecule has 3 heterocycles. The second-order valence-corrected chi connectivity index (χ2v) is 9.24. The summed E-state index contributed by atoms with van der Waals surface area (Å²) in [5, 5.41) is 20.6. The van der Waals surface area contributed by atoms with Crippen LogP contribution in [-0.4, -0.2) is 53.5 Å². The number of benzene rings is 1. The summed E-state index contributed by atoms with van der Waals surface area (Å²) >= 11 is 8.50. The molecule has 1 unspecified atom stereocenters. The minimum absolute atomic E-state index is 0.0566. The lowest BCUT2D eigenvalue weighted by Gasteiger charge is -2.20. The third kappa shape index (κ3) is 3.84. The maximum atomic E-state index is 10.8. The lowest BCUT2D eigenvalue weighted by atomic mass is 10.1. The molecule has 0 spiro atoms. The molecule has 0 amide bonds. The third-order valence-corrected chi connectivity index (χ3v) is 7.04. The summed E-state index contributed by atoms with van der Waals surface area (Å²) in [5.41, 5.74) is 2.91. The van der Waals surface area contributed by atoms with E-state index in [9.17, 15) is 9.90 Å². The number of imidazole rings is 1. The zero-order valence-corrected chi connectivity index (χ0v) is 17.4. The van der Waals surface area contributed by atoms with Gasteiger partial charge in [0.1, 0.15) is 4.32 Å². The van der Waals surface area contributed by atoms with Crippen molar-refractivity contribution in [3.63, 3.8) is 0 Å². The quantitative estimate of drug-likeness (QED) is 0.670. The predicted octanol–water partition coefficient (Wildman–Crippen LogP) is 3.51. The maximum Gasteiger partial charge on any atom is 0.303 e. The van der Waals surface area contributed by atoms with Gasteiger partial charge in [-0.2, -0.15) is 0 Å². The summed E-state index contributed by atoms with van der Waals surface area (Å²) in [4.78, 5) is 18.0. The fraction of sp³-hybridized carbons (Fsp3) is 0.316. The number of aromatic nitrogens is 2. The van der Waals surface area contributed by atoms with E-state index in [1.165, 1.54) is 11.8 Å². The van der Waals surface area contributed by atoms with Crippen molar-refractivity contribution in [1.82, 2.24) is 14.5 Å². The Labute approximate surface area is 176 Å². The van der Waals surface area contributed by atoms with Crippen molar-refractivity contribution >= 4 is 52.1 Å². The SMILES string of the molecule is O=C(O)CCCN1C(=S)SC(=Cc2c(-c3ccccc3)nc3n2CCS3)C1O. The number of carboxylic acid groups (broad SMARTS) is 1. The summed E-state index contributed by atoms with van der Waals surface area (Å²) in [5.74, 6) is 0.145. The molecule has 1 fully saturated rings. The van der Waals surface area contributed by atoms with Crippen LogP contribution in [0.3, 0.4) is 0 Å². The van der Waals surface area contributed by atoms with E-state index in [2.05, 4.69) is 4.57 Å². The van der Waals surface area contributed by atoms with Crippen LogP contribution in [0.5, 0.6) is 0 Å². The molecule has 2 N–H and O–H groups in total. The van der Waals surface area contributed by atoms with Crippen molar-refractivity contribution in [2.75, 3.05) is 12.3 Å². The molecule has 0 saturated carbocycles. The molecule has 1 atom stereocenters. The van der Waals surface area contributed by atoms with Gasteiger partial charge in [0.2, 0.25) is 0 Å². The number of aliphatic hydroxyl groups is 1. The molecule has 1 saturated heterocycles. The third-order valence-electron chi connectivity index (χ3n) is 4.62. The van der Waals surface area contributed by atoms with E-state index in [0.717, 1.165) is 39.3 Å². The molecule has 1 aromatic heterocycles. The standard InChI is InChI=1S/C19H19N3O3S3/c23-15(24)7-4-8-22-17(25)14(28-19(22)26)11-13-16(12-5-2-1-3-6-12)20-18-21(13)9-10-27-18/h1-3,5-6,11,17,25H,4,7-10H2,(H,23,24). The highest BCUT2D eigenvalue weighted by Crippen LogP contribution is 2.39. The molecule has 0 bridgehead atoms. The monoisotopic (exact) mass is 433 g/mol. The van der Waals surface area contributed by atoms with Gasteiger partial charge in [0, 0.05) is 35.7 Å². The van der Waals surface area contributed by atoms with E-state index < -0.39 is 12.2 Å². The molecule has 0 radical (unpaired) electrons. The average molecular weight is 434 g/mol. The van der Waals surface area contributed by atoms with Crippen molar-refractivity contribution in [1.29, 1.82) is 0 Å². The first-order chi connectivity index (χ1) is 13.5. The van der Waals surface area contributed by atoms with Gasteiger partial charge in [-0.3, -0.25) is 4.79 Å². The van der Waals surface area contributed by atoms with Crippen LogP contribution in [0.25, 0.3) is 17.3 Å². The second-order valence-electron chi connectivity index (χ2n) is 6.47. The van der Waals surface area contributed by atoms with E-state index in [4.69, 9.17) is 22.3 Å². The zero-order valence-electron chi connectivity index (χ0n) is 14.9. The fourth-order valence-corrected chi connectivity index (χ4v) is 5.62. The molecule has 2 aliphatic heterocycles. The van der Waals surface area contributed by atoms with E-state index >= 15 is 0 Å². The van der Waals surface area contributed by atoms with Gasteiger partial charge in [-0.05, 0) is 12.5 Å². The number of hydrogen-bond donors (Lipinski definition) is 2. The number of carbonyl (C=O) groups is 1. The van der Waals surface area contributed by atoms with E-state index in [0.29, 0.717) is 17.3 Å². The summed E-state index contributed by atoms with van der Waals surface area (Å²) < 4.78 is 2.75. The predicted molar refractivity (Wildman–Crippen MR) is 116 cm³/mol. The van der Waals surface area contributed by atoms with Gasteiger partial charge < -0.3 is 19.7 Å². The molecular formula is C19H19N3O3S3. The van der Waals surface area contributed by atoms with Gasteiger partial charge in [0.05, 0.1) is 11.4 Å². The Morgan fingerprint density at radius 2 is 2.14 bits per heavy atom. The van der Waals surface area contributed by atoms with Gasteiger partial charge >= 0.3 is 5.97 Å². The molecule has 4 rings (SSSR count). The number of hydrogen-bond acceptors (Lipinski definition) is 6. The molecule has 28 heavy (non-hydrogen) atoms. The summed E-state index contributed by atoms with van der Waals surface area (Å²) in [6, 6.07) is 10.0. The first kappa shape index (κ1) is 19.5. The van der Waals surface area contributed by atoms with Gasteiger partial charge in [0.15, 0.2) is 11.4 Å². The number of rotatable bonds is 6. The molecule has 146 valence electrons. The topological polar surface area (TPSA) is 78.6 Å². The van der Waals surface area contributed by atoms with Crippen LogP contribution in [0.4, 0.5) is 0 Å². The van der Waals surface area contributed by atoms with Crippen molar-refractivity contribution in [3.8, 4) is 11.3 Å². The first-order valence-corrected chi connectivity index (χ1v) is 11.1. The van der Waals surface area contributed by atoms with Crippen molar-refractivity contribution in [2.24, 2.45) is 0 Å². The van der Waals surface area contributed by atoms with Gasteiger partial charge in [-0.25, -0.2) is 4.98 Å². The molecular weight excluding hydrogens is 414 g/mol. The Morgan fingerprint density at radius 3 is 2.89 bits per heavy atom. The number of thioether (sulfide) groups is 2. The van der Waals surface area contributed by atoms with Crippen molar-refractivity contribution in [2.45, 2.75) is 30.8 Å². The number of nitrogens with zero attached hydrogens (tertiary/aromatic N) is 3. The number of thiocarbonyl (C=S) groups is 1. The Hall–Kier alpha value is -1.81. The highest BCUT2D eigenvalue weighted by Gasteiger charge is 2.33. The van der Waals surface area contributed by atoms with Crippen LogP contribution < -0.4 is 0 Å². The van der Waals surface area contributed by atoms with E-state index in [1.54, 1.807) is 16.7 Å². The molecule has 0 aliphatic carbocycles. The Balaban J connectivity index is 1.64. The van der Waals surface area contributed by atoms with Crippen LogP contribution in [0.1, 0.15) is 18.5 Å². The van der Waals surface area contributed by atoms with E-state index in [-0.39, 0.29) is 6.42 Å². The number of fused-ring (bicyclic) bond motifs is 1. The summed E-state index contributed by atoms with van der Waals surface area (Å²) in [6.07, 6.45) is 1.62. The molecule has 9 heteroatoms. The lowest BCUT2D eigenvalue weighted by Crippen LogP contribution is -2.33. The summed E-state index contributed by atoms with van der Waals surface area (Å²) in [6.45, 7) is 1.30. The Morgan fingerprint density at radius 1 is 1.36 bits per heavy atom. The molecule has 1 aromatic carbocycles. The highest BCUT2D eigenvalue weighted by molar-refractivity contribution is 8.25. The average Bonchev–Trinajstić information content (AvgIpc) is 3.33. The normalized spacial score (nSPS) is 20.2. The molecule has 2 aromatic rings.